The van der Waals surface area contributed by atoms with E-state index < -0.39 is 29.5 Å². The Morgan fingerprint density at radius 1 is 1.20 bits per heavy atom. The fourth-order valence-electron chi connectivity index (χ4n) is 5.11. The number of halogens is 1. The highest BCUT2D eigenvalue weighted by molar-refractivity contribution is 6.00. The third-order valence-corrected chi connectivity index (χ3v) is 6.49. The number of carboxylic acid groups (broad SMARTS) is 1. The molecule has 2 aliphatic rings. The molecule has 2 fully saturated rings. The van der Waals surface area contributed by atoms with Crippen LogP contribution in [0, 0.1) is 11.7 Å². The molecule has 4 atom stereocenters. The molecule has 0 aromatic heterocycles. The molecule has 6 nitrogen and oxygen atoms in total. The molecule has 4 rings (SSSR count). The van der Waals surface area contributed by atoms with Crippen LogP contribution in [0.3, 0.4) is 0 Å². The van der Waals surface area contributed by atoms with Crippen molar-refractivity contribution in [3.63, 3.8) is 0 Å². The maximum absolute atomic E-state index is 14.0. The van der Waals surface area contributed by atoms with E-state index in [1.54, 1.807) is 19.1 Å². The van der Waals surface area contributed by atoms with Crippen LogP contribution >= 0.6 is 0 Å². The molecule has 2 amide bonds. The lowest BCUT2D eigenvalue weighted by Crippen LogP contribution is -2.61. The number of carbonyl (C=O) groups is 2. The molecular formula is C23H25FN2O4. The van der Waals surface area contributed by atoms with Crippen LogP contribution in [-0.2, 0) is 11.2 Å². The molecule has 2 saturated heterocycles. The lowest BCUT2D eigenvalue weighted by atomic mass is 9.76. The van der Waals surface area contributed by atoms with E-state index >= 15 is 0 Å². The Labute approximate surface area is 174 Å². The van der Waals surface area contributed by atoms with Crippen LogP contribution in [0.15, 0.2) is 54.6 Å². The minimum absolute atomic E-state index is 0.199. The van der Waals surface area contributed by atoms with Crippen molar-refractivity contribution in [1.29, 1.82) is 0 Å². The number of piperidine rings is 1. The monoisotopic (exact) mass is 412 g/mol. The minimum atomic E-state index is -1.02. The average molecular weight is 412 g/mol. The van der Waals surface area contributed by atoms with Gasteiger partial charge in [0.15, 0.2) is 0 Å². The molecule has 0 saturated carbocycles. The van der Waals surface area contributed by atoms with Crippen LogP contribution in [0.1, 0.15) is 25.3 Å². The van der Waals surface area contributed by atoms with E-state index in [-0.39, 0.29) is 24.9 Å². The van der Waals surface area contributed by atoms with Gasteiger partial charge < -0.3 is 20.0 Å². The predicted molar refractivity (Wildman–Crippen MR) is 110 cm³/mol. The highest BCUT2D eigenvalue weighted by Crippen LogP contribution is 2.47. The van der Waals surface area contributed by atoms with Crippen molar-refractivity contribution in [3.05, 3.63) is 66.0 Å². The number of anilines is 1. The van der Waals surface area contributed by atoms with Gasteiger partial charge in [0.05, 0.1) is 17.6 Å². The van der Waals surface area contributed by atoms with Crippen molar-refractivity contribution in [2.45, 2.75) is 43.9 Å². The van der Waals surface area contributed by atoms with Gasteiger partial charge in [0.1, 0.15) is 5.82 Å². The van der Waals surface area contributed by atoms with Crippen LogP contribution in [0.4, 0.5) is 14.9 Å². The van der Waals surface area contributed by atoms with Crippen LogP contribution in [-0.4, -0.2) is 51.3 Å². The van der Waals surface area contributed by atoms with Gasteiger partial charge in [0.25, 0.3) is 0 Å². The van der Waals surface area contributed by atoms with Crippen molar-refractivity contribution in [3.8, 4) is 0 Å². The fraction of sp³-hybridized carbons (Fsp3) is 0.391. The maximum Gasteiger partial charge on any atom is 0.407 e. The van der Waals surface area contributed by atoms with Crippen LogP contribution in [0.25, 0.3) is 0 Å². The number of hydrogen-bond acceptors (Lipinski definition) is 3. The first-order valence-electron chi connectivity index (χ1n) is 10.1. The number of likely N-dealkylation sites (tertiary alicyclic amines) is 1. The van der Waals surface area contributed by atoms with Crippen molar-refractivity contribution in [2.75, 3.05) is 11.4 Å². The molecule has 2 aromatic carbocycles. The summed E-state index contributed by atoms with van der Waals surface area (Å²) in [5.41, 5.74) is 0.350. The van der Waals surface area contributed by atoms with Gasteiger partial charge in [0.2, 0.25) is 5.91 Å². The van der Waals surface area contributed by atoms with E-state index in [9.17, 15) is 24.2 Å². The standard InChI is InChI=1S/C23H25FN2O4/c1-15-14-23(10-11-25(15)22(29)30)20(27)19(12-16-6-3-2-4-7-16)21(28)26(23)18-9-5-8-17(24)13-18/h2-9,13,15,19-20,27H,10-12,14H2,1H3,(H,29,30)/t15-,19?,20?,23+/m0/s1. The third kappa shape index (κ3) is 3.33. The average Bonchev–Trinajstić information content (AvgIpc) is 2.90. The molecule has 1 spiro atoms. The number of carbonyl (C=O) groups excluding carboxylic acids is 1. The second-order valence-electron chi connectivity index (χ2n) is 8.28. The molecule has 2 N–H and O–H groups in total. The number of aliphatic hydroxyl groups excluding tert-OH is 1. The van der Waals surface area contributed by atoms with Gasteiger partial charge in [-0.05, 0) is 49.9 Å². The van der Waals surface area contributed by atoms with E-state index in [1.165, 1.54) is 21.9 Å². The van der Waals surface area contributed by atoms with E-state index in [0.717, 1.165) is 5.56 Å². The third-order valence-electron chi connectivity index (χ3n) is 6.49. The van der Waals surface area contributed by atoms with Crippen LogP contribution in [0.5, 0.6) is 0 Å². The van der Waals surface area contributed by atoms with Gasteiger partial charge >= 0.3 is 6.09 Å². The number of amides is 2. The number of aliphatic hydroxyl groups is 1. The molecule has 2 aromatic rings. The van der Waals surface area contributed by atoms with Gasteiger partial charge in [-0.3, -0.25) is 4.79 Å². The molecule has 0 radical (unpaired) electrons. The Morgan fingerprint density at radius 3 is 2.57 bits per heavy atom. The Kier molecular flexibility index (Phi) is 5.24. The highest BCUT2D eigenvalue weighted by atomic mass is 19.1. The van der Waals surface area contributed by atoms with Gasteiger partial charge in [-0.15, -0.1) is 0 Å². The second kappa shape index (κ2) is 7.72. The fourth-order valence-corrected chi connectivity index (χ4v) is 5.11. The number of benzene rings is 2. The first-order valence-corrected chi connectivity index (χ1v) is 10.1. The molecule has 0 aliphatic carbocycles. The lowest BCUT2D eigenvalue weighted by molar-refractivity contribution is -0.121. The molecule has 7 heteroatoms. The summed E-state index contributed by atoms with van der Waals surface area (Å²) in [6.45, 7) is 1.98. The number of rotatable bonds is 3. The summed E-state index contributed by atoms with van der Waals surface area (Å²) in [6, 6.07) is 14.9. The zero-order chi connectivity index (χ0) is 21.5. The molecule has 0 bridgehead atoms. The van der Waals surface area contributed by atoms with Crippen LogP contribution in [0.2, 0.25) is 0 Å². The van der Waals surface area contributed by atoms with Gasteiger partial charge in [-0.1, -0.05) is 36.4 Å². The van der Waals surface area contributed by atoms with E-state index in [0.29, 0.717) is 18.5 Å². The van der Waals surface area contributed by atoms with E-state index in [1.807, 2.05) is 30.3 Å². The highest BCUT2D eigenvalue weighted by Gasteiger charge is 2.60. The zero-order valence-electron chi connectivity index (χ0n) is 16.7. The van der Waals surface area contributed by atoms with Gasteiger partial charge in [0, 0.05) is 18.3 Å². The van der Waals surface area contributed by atoms with Gasteiger partial charge in [-0.2, -0.15) is 0 Å². The molecule has 2 heterocycles. The summed E-state index contributed by atoms with van der Waals surface area (Å²) >= 11 is 0. The first kappa shape index (κ1) is 20.3. The first-order chi connectivity index (χ1) is 14.3. The second-order valence-corrected chi connectivity index (χ2v) is 8.28. The summed E-state index contributed by atoms with van der Waals surface area (Å²) in [7, 11) is 0. The Bertz CT molecular complexity index is 953. The summed E-state index contributed by atoms with van der Waals surface area (Å²) in [5, 5.41) is 20.9. The molecule has 2 unspecified atom stereocenters. The minimum Gasteiger partial charge on any atom is -0.465 e. The zero-order valence-corrected chi connectivity index (χ0v) is 16.7. The maximum atomic E-state index is 14.0. The Balaban J connectivity index is 1.75. The molecular weight excluding hydrogens is 387 g/mol. The Morgan fingerprint density at radius 2 is 1.93 bits per heavy atom. The van der Waals surface area contributed by atoms with Crippen molar-refractivity contribution in [1.82, 2.24) is 4.90 Å². The van der Waals surface area contributed by atoms with E-state index in [4.69, 9.17) is 0 Å². The smallest absolute Gasteiger partial charge is 0.407 e. The van der Waals surface area contributed by atoms with E-state index in [2.05, 4.69) is 0 Å². The van der Waals surface area contributed by atoms with Crippen LogP contribution < -0.4 is 4.90 Å². The SMILES string of the molecule is C[C@H]1C[C@]2(CCN1C(=O)O)C(O)C(Cc1ccccc1)C(=O)N2c1cccc(F)c1. The van der Waals surface area contributed by atoms with Gasteiger partial charge in [-0.25, -0.2) is 9.18 Å². The van der Waals surface area contributed by atoms with Crippen molar-refractivity contribution < 1.29 is 24.2 Å². The lowest BCUT2D eigenvalue weighted by Gasteiger charge is -2.48. The number of hydrogen-bond donors (Lipinski definition) is 2. The number of nitrogens with zero attached hydrogens (tertiary/aromatic N) is 2. The summed E-state index contributed by atoms with van der Waals surface area (Å²) in [6.07, 6.45) is -1.07. The summed E-state index contributed by atoms with van der Waals surface area (Å²) in [5.74, 6) is -1.40. The quantitative estimate of drug-likeness (QED) is 0.811. The van der Waals surface area contributed by atoms with Crippen molar-refractivity contribution in [2.24, 2.45) is 5.92 Å². The summed E-state index contributed by atoms with van der Waals surface area (Å²) in [4.78, 5) is 28.0. The molecule has 2 aliphatic heterocycles. The molecule has 30 heavy (non-hydrogen) atoms. The predicted octanol–water partition coefficient (Wildman–Crippen LogP) is 3.29. The largest absolute Gasteiger partial charge is 0.465 e. The van der Waals surface area contributed by atoms with Crippen molar-refractivity contribution >= 4 is 17.7 Å². The topological polar surface area (TPSA) is 81.1 Å². The molecule has 158 valence electrons. The normalized spacial score (nSPS) is 28.9. The Hall–Kier alpha value is -2.93. The summed E-state index contributed by atoms with van der Waals surface area (Å²) < 4.78 is 14.0.